The van der Waals surface area contributed by atoms with E-state index in [-0.39, 0.29) is 11.7 Å². The van der Waals surface area contributed by atoms with E-state index in [1.54, 1.807) is 29.1 Å². The van der Waals surface area contributed by atoms with Crippen LogP contribution < -0.4 is 5.32 Å². The van der Waals surface area contributed by atoms with Gasteiger partial charge in [-0.2, -0.15) is 5.10 Å². The van der Waals surface area contributed by atoms with Crippen molar-refractivity contribution in [3.8, 4) is 0 Å². The zero-order valence-corrected chi connectivity index (χ0v) is 17.2. The molecule has 2 aromatic heterocycles. The van der Waals surface area contributed by atoms with Gasteiger partial charge in [0.1, 0.15) is 5.82 Å². The maximum atomic E-state index is 13.8. The molecule has 0 fully saturated rings. The first-order valence-electron chi connectivity index (χ1n) is 9.41. The summed E-state index contributed by atoms with van der Waals surface area (Å²) in [6, 6.07) is 14.7. The largest absolute Gasteiger partial charge is 0.361 e. The third kappa shape index (κ3) is 4.56. The first-order chi connectivity index (χ1) is 14.1. The van der Waals surface area contributed by atoms with Gasteiger partial charge in [0.15, 0.2) is 5.82 Å². The molecule has 0 saturated heterocycles. The fraction of sp³-hybridized carbons (Fsp3) is 0.182. The second kappa shape index (κ2) is 8.61. The van der Waals surface area contributed by atoms with Crippen LogP contribution in [0.5, 0.6) is 0 Å². The second-order valence-corrected chi connectivity index (χ2v) is 7.73. The number of H-pyrrole nitrogens is 1. The van der Waals surface area contributed by atoms with Gasteiger partial charge in [0.2, 0.25) is 5.91 Å². The first-order valence-corrected chi connectivity index (χ1v) is 10.2. The topological polar surface area (TPSA) is 62.7 Å². The highest BCUT2D eigenvalue weighted by Crippen LogP contribution is 2.22. The summed E-state index contributed by atoms with van der Waals surface area (Å²) in [7, 11) is 0. The van der Waals surface area contributed by atoms with Gasteiger partial charge in [-0.3, -0.25) is 9.48 Å². The molecule has 0 atom stereocenters. The Morgan fingerprint density at radius 3 is 2.79 bits per heavy atom. The zero-order chi connectivity index (χ0) is 20.2. The van der Waals surface area contributed by atoms with Crippen LogP contribution in [-0.4, -0.2) is 20.7 Å². The van der Waals surface area contributed by atoms with Gasteiger partial charge in [-0.05, 0) is 46.5 Å². The molecular weight excluding hydrogens is 435 g/mol. The number of aromatic amines is 1. The van der Waals surface area contributed by atoms with Crippen LogP contribution in [0.3, 0.4) is 0 Å². The van der Waals surface area contributed by atoms with Crippen LogP contribution in [0.15, 0.2) is 65.4 Å². The molecule has 2 N–H and O–H groups in total. The number of aromatic nitrogens is 3. The summed E-state index contributed by atoms with van der Waals surface area (Å²) >= 11 is 3.41. The van der Waals surface area contributed by atoms with Crippen molar-refractivity contribution >= 4 is 38.6 Å². The second-order valence-electron chi connectivity index (χ2n) is 6.88. The van der Waals surface area contributed by atoms with Crippen LogP contribution in [-0.2, 0) is 17.8 Å². The third-order valence-corrected chi connectivity index (χ3v) is 5.37. The van der Waals surface area contributed by atoms with E-state index < -0.39 is 0 Å². The number of aryl methyl sites for hydroxylation is 1. The average molecular weight is 455 g/mol. The molecule has 4 rings (SSSR count). The average Bonchev–Trinajstić information content (AvgIpc) is 3.27. The van der Waals surface area contributed by atoms with E-state index in [4.69, 9.17) is 0 Å². The molecule has 7 heteroatoms. The predicted molar refractivity (Wildman–Crippen MR) is 115 cm³/mol. The number of amides is 1. The van der Waals surface area contributed by atoms with Crippen molar-refractivity contribution in [2.24, 2.45) is 0 Å². The number of hydrogen-bond acceptors (Lipinski definition) is 2. The molecule has 0 aliphatic carbocycles. The highest BCUT2D eigenvalue weighted by atomic mass is 79.9. The van der Waals surface area contributed by atoms with Crippen molar-refractivity contribution in [1.82, 2.24) is 14.8 Å². The van der Waals surface area contributed by atoms with E-state index in [0.29, 0.717) is 28.8 Å². The van der Waals surface area contributed by atoms with Crippen LogP contribution in [0.25, 0.3) is 10.9 Å². The minimum Gasteiger partial charge on any atom is -0.361 e. The normalized spacial score (nSPS) is 11.1. The molecule has 0 radical (unpaired) electrons. The molecule has 0 bridgehead atoms. The molecule has 0 saturated carbocycles. The number of fused-ring (bicyclic) bond motifs is 1. The first kappa shape index (κ1) is 19.4. The molecule has 0 spiro atoms. The standard InChI is InChI=1S/C22H20BrFN4O/c23-18-14-28(13-16-6-1-3-9-19(16)24)27-22(18)26-21(29)11-5-7-15-12-25-20-10-4-2-8-17(15)20/h1-4,6,8-10,12,14,25H,5,7,11,13H2,(H,26,27,29). The Morgan fingerprint density at radius 1 is 1.14 bits per heavy atom. The molecule has 148 valence electrons. The fourth-order valence-corrected chi connectivity index (χ4v) is 3.75. The molecule has 2 aromatic carbocycles. The lowest BCUT2D eigenvalue weighted by molar-refractivity contribution is -0.116. The van der Waals surface area contributed by atoms with Crippen molar-refractivity contribution in [3.63, 3.8) is 0 Å². The van der Waals surface area contributed by atoms with Crippen LogP contribution in [0.2, 0.25) is 0 Å². The van der Waals surface area contributed by atoms with Gasteiger partial charge in [0.05, 0.1) is 11.0 Å². The fourth-order valence-electron chi connectivity index (χ4n) is 3.34. The van der Waals surface area contributed by atoms with Crippen molar-refractivity contribution < 1.29 is 9.18 Å². The highest BCUT2D eigenvalue weighted by molar-refractivity contribution is 9.10. The monoisotopic (exact) mass is 454 g/mol. The smallest absolute Gasteiger partial charge is 0.225 e. The van der Waals surface area contributed by atoms with Crippen LogP contribution in [0, 0.1) is 5.82 Å². The van der Waals surface area contributed by atoms with E-state index in [1.807, 2.05) is 24.4 Å². The number of halogens is 2. The third-order valence-electron chi connectivity index (χ3n) is 4.79. The summed E-state index contributed by atoms with van der Waals surface area (Å²) in [6.45, 7) is 0.293. The van der Waals surface area contributed by atoms with E-state index >= 15 is 0 Å². The Balaban J connectivity index is 1.32. The minimum absolute atomic E-state index is 0.0957. The van der Waals surface area contributed by atoms with Crippen molar-refractivity contribution in [1.29, 1.82) is 0 Å². The Bertz CT molecular complexity index is 1150. The summed E-state index contributed by atoms with van der Waals surface area (Å²) < 4.78 is 16.1. The van der Waals surface area contributed by atoms with Gasteiger partial charge in [0, 0.05) is 35.3 Å². The maximum Gasteiger partial charge on any atom is 0.225 e. The Kier molecular flexibility index (Phi) is 5.76. The Hall–Kier alpha value is -2.93. The molecule has 2 heterocycles. The molecular formula is C22H20BrFN4O. The summed E-state index contributed by atoms with van der Waals surface area (Å²) in [5.41, 5.74) is 2.86. The summed E-state index contributed by atoms with van der Waals surface area (Å²) in [5, 5.41) is 8.38. The molecule has 0 aliphatic rings. The predicted octanol–water partition coefficient (Wildman–Crippen LogP) is 5.28. The van der Waals surface area contributed by atoms with Gasteiger partial charge in [-0.1, -0.05) is 36.4 Å². The number of para-hydroxylation sites is 1. The van der Waals surface area contributed by atoms with Crippen molar-refractivity contribution in [2.75, 3.05) is 5.32 Å². The molecule has 4 aromatic rings. The van der Waals surface area contributed by atoms with Gasteiger partial charge < -0.3 is 10.3 Å². The van der Waals surface area contributed by atoms with Crippen molar-refractivity contribution in [3.05, 3.63) is 82.3 Å². The quantitative estimate of drug-likeness (QED) is 0.399. The number of carbonyl (C=O) groups excluding carboxylic acids is 1. The Labute approximate surface area is 176 Å². The number of carbonyl (C=O) groups is 1. The van der Waals surface area contributed by atoms with Gasteiger partial charge in [-0.25, -0.2) is 4.39 Å². The number of nitrogens with zero attached hydrogens (tertiary/aromatic N) is 2. The van der Waals surface area contributed by atoms with E-state index in [1.165, 1.54) is 17.0 Å². The van der Waals surface area contributed by atoms with Gasteiger partial charge in [0.25, 0.3) is 0 Å². The van der Waals surface area contributed by atoms with E-state index in [9.17, 15) is 9.18 Å². The number of nitrogens with one attached hydrogen (secondary N) is 2. The number of rotatable bonds is 7. The Morgan fingerprint density at radius 2 is 1.93 bits per heavy atom. The SMILES string of the molecule is O=C(CCCc1c[nH]c2ccccc12)Nc1nn(Cc2ccccc2F)cc1Br. The van der Waals surface area contributed by atoms with E-state index in [0.717, 1.165) is 18.4 Å². The zero-order valence-electron chi connectivity index (χ0n) is 15.7. The van der Waals surface area contributed by atoms with Crippen LogP contribution in [0.1, 0.15) is 24.0 Å². The number of hydrogen-bond donors (Lipinski definition) is 2. The summed E-state index contributed by atoms with van der Waals surface area (Å²) in [4.78, 5) is 15.6. The number of benzene rings is 2. The van der Waals surface area contributed by atoms with E-state index in [2.05, 4.69) is 37.4 Å². The molecule has 0 aliphatic heterocycles. The highest BCUT2D eigenvalue weighted by Gasteiger charge is 2.12. The maximum absolute atomic E-state index is 13.8. The van der Waals surface area contributed by atoms with Gasteiger partial charge >= 0.3 is 0 Å². The lowest BCUT2D eigenvalue weighted by Gasteiger charge is -2.04. The summed E-state index contributed by atoms with van der Waals surface area (Å²) in [5.74, 6) is 0.0714. The van der Waals surface area contributed by atoms with Crippen LogP contribution >= 0.6 is 15.9 Å². The molecule has 5 nitrogen and oxygen atoms in total. The number of anilines is 1. The molecule has 1 amide bonds. The van der Waals surface area contributed by atoms with Crippen LogP contribution in [0.4, 0.5) is 10.2 Å². The summed E-state index contributed by atoms with van der Waals surface area (Å²) in [6.07, 6.45) is 5.69. The lowest BCUT2D eigenvalue weighted by atomic mass is 10.1. The molecule has 29 heavy (non-hydrogen) atoms. The lowest BCUT2D eigenvalue weighted by Crippen LogP contribution is -2.13. The van der Waals surface area contributed by atoms with Gasteiger partial charge in [-0.15, -0.1) is 0 Å². The van der Waals surface area contributed by atoms with Crippen molar-refractivity contribution in [2.45, 2.75) is 25.8 Å². The molecule has 0 unspecified atom stereocenters. The minimum atomic E-state index is -0.276.